The zero-order valence-corrected chi connectivity index (χ0v) is 13.4. The van der Waals surface area contributed by atoms with E-state index < -0.39 is 5.82 Å². The molecule has 3 aromatic rings. The van der Waals surface area contributed by atoms with Crippen LogP contribution in [-0.2, 0) is 10.5 Å². The van der Waals surface area contributed by atoms with E-state index in [9.17, 15) is 9.18 Å². The van der Waals surface area contributed by atoms with Crippen LogP contribution < -0.4 is 5.32 Å². The molecular weight excluding hydrogens is 321 g/mol. The maximum Gasteiger partial charge on any atom is 0.249 e. The third-order valence-corrected chi connectivity index (χ3v) is 4.17. The van der Waals surface area contributed by atoms with Crippen molar-refractivity contribution in [2.24, 2.45) is 0 Å². The molecule has 0 aliphatic heterocycles. The minimum atomic E-state index is -0.421. The van der Waals surface area contributed by atoms with Gasteiger partial charge in [0, 0.05) is 11.3 Å². The molecule has 0 radical (unpaired) electrons. The van der Waals surface area contributed by atoms with Gasteiger partial charge in [0.1, 0.15) is 11.6 Å². The van der Waals surface area contributed by atoms with Crippen molar-refractivity contribution in [1.82, 2.24) is 19.8 Å². The van der Waals surface area contributed by atoms with Gasteiger partial charge >= 0.3 is 0 Å². The standard InChI is InChI=1S/C14H14FN5O2S/c1-8-11(9(2)22-19-8)6-23-7-13(21)17-14-16-12-4-3-10(15)5-20(12)18-14/h3-5H,6-7H2,1-2H3,(H,17,18,21). The van der Waals surface area contributed by atoms with E-state index in [1.54, 1.807) is 0 Å². The number of nitrogens with one attached hydrogen (secondary N) is 1. The topological polar surface area (TPSA) is 85.3 Å². The van der Waals surface area contributed by atoms with Gasteiger partial charge in [0.05, 0.1) is 17.6 Å². The SMILES string of the molecule is Cc1noc(C)c1CSCC(=O)Nc1nc2ccc(F)cn2n1. The number of halogens is 1. The van der Waals surface area contributed by atoms with Gasteiger partial charge in [0.15, 0.2) is 5.65 Å². The van der Waals surface area contributed by atoms with Crippen molar-refractivity contribution in [3.05, 3.63) is 41.2 Å². The minimum absolute atomic E-state index is 0.151. The highest BCUT2D eigenvalue weighted by Gasteiger charge is 2.12. The van der Waals surface area contributed by atoms with Crippen molar-refractivity contribution >= 4 is 29.3 Å². The van der Waals surface area contributed by atoms with Gasteiger partial charge in [0.2, 0.25) is 11.9 Å². The van der Waals surface area contributed by atoms with Crippen LogP contribution >= 0.6 is 11.8 Å². The lowest BCUT2D eigenvalue weighted by Crippen LogP contribution is -2.15. The fraction of sp³-hybridized carbons (Fsp3) is 0.286. The van der Waals surface area contributed by atoms with Crippen LogP contribution in [0.2, 0.25) is 0 Å². The van der Waals surface area contributed by atoms with Crippen LogP contribution in [0.1, 0.15) is 17.0 Å². The smallest absolute Gasteiger partial charge is 0.249 e. The van der Waals surface area contributed by atoms with Gasteiger partial charge < -0.3 is 4.52 Å². The molecule has 0 bridgehead atoms. The summed E-state index contributed by atoms with van der Waals surface area (Å²) >= 11 is 1.44. The number of carbonyl (C=O) groups excluding carboxylic acids is 1. The number of rotatable bonds is 5. The summed E-state index contributed by atoms with van der Waals surface area (Å²) in [7, 11) is 0. The van der Waals surface area contributed by atoms with Crippen molar-refractivity contribution in [2.45, 2.75) is 19.6 Å². The maximum atomic E-state index is 13.1. The molecule has 9 heteroatoms. The quantitative estimate of drug-likeness (QED) is 0.770. The Balaban J connectivity index is 1.56. The highest BCUT2D eigenvalue weighted by molar-refractivity contribution is 7.99. The Morgan fingerprint density at radius 3 is 3.00 bits per heavy atom. The molecule has 120 valence electrons. The molecule has 0 aromatic carbocycles. The molecule has 3 rings (SSSR count). The second-order valence-corrected chi connectivity index (χ2v) is 5.91. The van der Waals surface area contributed by atoms with Crippen molar-refractivity contribution in [1.29, 1.82) is 0 Å². The molecule has 0 fully saturated rings. The molecule has 0 saturated carbocycles. The van der Waals surface area contributed by atoms with E-state index >= 15 is 0 Å². The molecule has 0 atom stereocenters. The van der Waals surface area contributed by atoms with E-state index in [0.717, 1.165) is 17.0 Å². The van der Waals surface area contributed by atoms with Crippen LogP contribution in [0.4, 0.5) is 10.3 Å². The summed E-state index contributed by atoms with van der Waals surface area (Å²) in [5.74, 6) is 1.15. The number of nitrogens with zero attached hydrogens (tertiary/aromatic N) is 4. The van der Waals surface area contributed by atoms with E-state index in [2.05, 4.69) is 20.6 Å². The minimum Gasteiger partial charge on any atom is -0.361 e. The summed E-state index contributed by atoms with van der Waals surface area (Å²) < 4.78 is 19.4. The van der Waals surface area contributed by atoms with Crippen LogP contribution in [-0.4, -0.2) is 31.4 Å². The van der Waals surface area contributed by atoms with E-state index in [4.69, 9.17) is 4.52 Å². The number of carbonyl (C=O) groups is 1. The van der Waals surface area contributed by atoms with Gasteiger partial charge in [-0.1, -0.05) is 5.16 Å². The number of anilines is 1. The third kappa shape index (κ3) is 3.50. The molecular formula is C14H14FN5O2S. The lowest BCUT2D eigenvalue weighted by atomic mass is 10.2. The normalized spacial score (nSPS) is 11.1. The summed E-state index contributed by atoms with van der Waals surface area (Å²) in [6, 6.07) is 2.78. The zero-order chi connectivity index (χ0) is 16.4. The number of pyridine rings is 1. The highest BCUT2D eigenvalue weighted by atomic mass is 32.2. The van der Waals surface area contributed by atoms with Crippen LogP contribution in [0.5, 0.6) is 0 Å². The Kier molecular flexibility index (Phi) is 4.28. The Hall–Kier alpha value is -2.42. The number of aromatic nitrogens is 4. The molecule has 23 heavy (non-hydrogen) atoms. The van der Waals surface area contributed by atoms with Crippen LogP contribution in [0.25, 0.3) is 5.65 Å². The molecule has 0 aliphatic carbocycles. The predicted octanol–water partition coefficient (Wildman–Crippen LogP) is 2.35. The van der Waals surface area contributed by atoms with Crippen LogP contribution in [0.15, 0.2) is 22.9 Å². The van der Waals surface area contributed by atoms with Crippen molar-refractivity contribution in [2.75, 3.05) is 11.1 Å². The molecule has 0 saturated heterocycles. The first-order chi connectivity index (χ1) is 11.0. The lowest BCUT2D eigenvalue weighted by Gasteiger charge is -2.01. The first-order valence-electron chi connectivity index (χ1n) is 6.84. The molecule has 7 nitrogen and oxygen atoms in total. The van der Waals surface area contributed by atoms with Gasteiger partial charge in [-0.2, -0.15) is 4.98 Å². The fourth-order valence-corrected chi connectivity index (χ4v) is 3.00. The van der Waals surface area contributed by atoms with Gasteiger partial charge in [0.25, 0.3) is 0 Å². The second kappa shape index (κ2) is 6.37. The van der Waals surface area contributed by atoms with Crippen LogP contribution in [0.3, 0.4) is 0 Å². The van der Waals surface area contributed by atoms with Crippen molar-refractivity contribution in [3.8, 4) is 0 Å². The Morgan fingerprint density at radius 2 is 2.26 bits per heavy atom. The summed E-state index contributed by atoms with van der Waals surface area (Å²) in [5, 5.41) is 10.5. The Morgan fingerprint density at radius 1 is 1.43 bits per heavy atom. The van der Waals surface area contributed by atoms with Gasteiger partial charge in [-0.25, -0.2) is 8.91 Å². The fourth-order valence-electron chi connectivity index (χ4n) is 2.03. The summed E-state index contributed by atoms with van der Waals surface area (Å²) in [4.78, 5) is 16.0. The summed E-state index contributed by atoms with van der Waals surface area (Å²) in [6.07, 6.45) is 1.20. The average Bonchev–Trinajstić information content (AvgIpc) is 3.03. The molecule has 0 aliphatic rings. The molecule has 3 heterocycles. The van der Waals surface area contributed by atoms with Crippen molar-refractivity contribution < 1.29 is 13.7 Å². The molecule has 0 unspecified atom stereocenters. The molecule has 3 aromatic heterocycles. The lowest BCUT2D eigenvalue weighted by molar-refractivity contribution is -0.113. The molecule has 0 spiro atoms. The highest BCUT2D eigenvalue weighted by Crippen LogP contribution is 2.19. The van der Waals surface area contributed by atoms with Gasteiger partial charge in [-0.3, -0.25) is 10.1 Å². The van der Waals surface area contributed by atoms with Gasteiger partial charge in [-0.15, -0.1) is 16.9 Å². The second-order valence-electron chi connectivity index (χ2n) is 4.93. The zero-order valence-electron chi connectivity index (χ0n) is 12.5. The Bertz CT molecular complexity index is 841. The maximum absolute atomic E-state index is 13.1. The Labute approximate surface area is 135 Å². The molecule has 1 N–H and O–H groups in total. The average molecular weight is 335 g/mol. The molecule has 1 amide bonds. The van der Waals surface area contributed by atoms with E-state index in [-0.39, 0.29) is 17.6 Å². The van der Waals surface area contributed by atoms with Crippen LogP contribution in [0, 0.1) is 19.7 Å². The van der Waals surface area contributed by atoms with E-state index in [1.807, 2.05) is 13.8 Å². The van der Waals surface area contributed by atoms with E-state index in [0.29, 0.717) is 11.4 Å². The first-order valence-corrected chi connectivity index (χ1v) is 7.99. The largest absolute Gasteiger partial charge is 0.361 e. The van der Waals surface area contributed by atoms with Crippen molar-refractivity contribution in [3.63, 3.8) is 0 Å². The number of aryl methyl sites for hydroxylation is 2. The summed E-state index contributed by atoms with van der Waals surface area (Å²) in [6.45, 7) is 3.71. The number of amides is 1. The number of hydrogen-bond acceptors (Lipinski definition) is 6. The summed E-state index contributed by atoms with van der Waals surface area (Å²) in [5.41, 5.74) is 2.30. The van der Waals surface area contributed by atoms with Gasteiger partial charge in [-0.05, 0) is 26.0 Å². The first kappa shape index (κ1) is 15.5. The monoisotopic (exact) mass is 335 g/mol. The van der Waals surface area contributed by atoms with E-state index in [1.165, 1.54) is 34.6 Å². The number of fused-ring (bicyclic) bond motifs is 1. The number of hydrogen-bond donors (Lipinski definition) is 1. The predicted molar refractivity (Wildman–Crippen MR) is 83.7 cm³/mol. The third-order valence-electron chi connectivity index (χ3n) is 3.21. The number of thioether (sulfide) groups is 1.